The zero-order valence-electron chi connectivity index (χ0n) is 20.0. The van der Waals surface area contributed by atoms with Crippen LogP contribution in [0.4, 0.5) is 4.39 Å². The van der Waals surface area contributed by atoms with Crippen LogP contribution in [0.25, 0.3) is 0 Å². The van der Waals surface area contributed by atoms with Crippen molar-refractivity contribution < 1.29 is 28.2 Å². The lowest BCUT2D eigenvalue weighted by atomic mass is 9.95. The van der Waals surface area contributed by atoms with Gasteiger partial charge in [0.05, 0.1) is 13.2 Å². The van der Waals surface area contributed by atoms with Gasteiger partial charge in [-0.15, -0.1) is 0 Å². The molecule has 4 rings (SSSR count). The summed E-state index contributed by atoms with van der Waals surface area (Å²) in [6.45, 7) is 3.25. The van der Waals surface area contributed by atoms with Gasteiger partial charge in [-0.1, -0.05) is 24.3 Å². The Kier molecular flexibility index (Phi) is 7.47. The molecule has 2 fully saturated rings. The van der Waals surface area contributed by atoms with Gasteiger partial charge >= 0.3 is 0 Å². The van der Waals surface area contributed by atoms with Crippen molar-refractivity contribution in [2.75, 3.05) is 40.0 Å². The molecule has 2 aromatic rings. The van der Waals surface area contributed by atoms with Gasteiger partial charge in [0.15, 0.2) is 0 Å². The Balaban J connectivity index is 1.57. The number of benzene rings is 2. The molecule has 2 aliphatic rings. The number of hydrogen-bond donors (Lipinski definition) is 1. The van der Waals surface area contributed by atoms with Gasteiger partial charge in [0.25, 0.3) is 11.8 Å². The summed E-state index contributed by atoms with van der Waals surface area (Å²) >= 11 is 0. The van der Waals surface area contributed by atoms with Gasteiger partial charge in [0, 0.05) is 50.7 Å². The van der Waals surface area contributed by atoms with Crippen LogP contribution in [0, 0.1) is 12.7 Å². The van der Waals surface area contributed by atoms with Crippen molar-refractivity contribution in [1.29, 1.82) is 0 Å². The summed E-state index contributed by atoms with van der Waals surface area (Å²) in [6, 6.07) is 11.9. The quantitative estimate of drug-likeness (QED) is 0.638. The topological polar surface area (TPSA) is 88.2 Å². The number of piperidine rings is 1. The Bertz CT molecular complexity index is 1100. The Morgan fingerprint density at radius 2 is 1.86 bits per heavy atom. The number of likely N-dealkylation sites (tertiary alicyclic amines) is 1. The van der Waals surface area contributed by atoms with E-state index >= 15 is 0 Å². The number of nitrogens with zero attached hydrogens (tertiary/aromatic N) is 2. The second-order valence-electron chi connectivity index (χ2n) is 8.85. The van der Waals surface area contributed by atoms with E-state index in [0.717, 1.165) is 11.6 Å². The van der Waals surface area contributed by atoms with Gasteiger partial charge in [-0.3, -0.25) is 19.3 Å². The predicted molar refractivity (Wildman–Crippen MR) is 126 cm³/mol. The van der Waals surface area contributed by atoms with E-state index in [1.54, 1.807) is 11.0 Å². The number of carbonyl (C=O) groups is 3. The maximum absolute atomic E-state index is 13.9. The molecule has 35 heavy (non-hydrogen) atoms. The molecule has 186 valence electrons. The Labute approximate surface area is 204 Å². The van der Waals surface area contributed by atoms with Crippen molar-refractivity contribution in [2.45, 2.75) is 31.5 Å². The van der Waals surface area contributed by atoms with Crippen LogP contribution in [0.5, 0.6) is 0 Å². The molecule has 0 unspecified atom stereocenters. The number of methoxy groups -OCH3 is 1. The normalized spacial score (nSPS) is 19.1. The average molecular weight is 484 g/mol. The summed E-state index contributed by atoms with van der Waals surface area (Å²) in [5, 5.41) is 2.77. The number of rotatable bonds is 6. The number of halogens is 1. The molecule has 0 radical (unpaired) electrons. The highest BCUT2D eigenvalue weighted by atomic mass is 19.1. The van der Waals surface area contributed by atoms with E-state index < -0.39 is 23.5 Å². The molecule has 0 aliphatic carbocycles. The monoisotopic (exact) mass is 483 g/mol. The smallest absolute Gasteiger partial charge is 0.256 e. The molecular formula is C26H30FN3O5. The summed E-state index contributed by atoms with van der Waals surface area (Å²) in [5.41, 5.74) is 0.613. The number of amides is 3. The molecule has 2 aromatic carbocycles. The van der Waals surface area contributed by atoms with Crippen molar-refractivity contribution in [3.05, 3.63) is 71.0 Å². The molecule has 2 saturated heterocycles. The third kappa shape index (κ3) is 5.06. The molecule has 9 heteroatoms. The Morgan fingerprint density at radius 3 is 2.54 bits per heavy atom. The first-order chi connectivity index (χ1) is 16.9. The molecule has 2 heterocycles. The average Bonchev–Trinajstić information content (AvgIpc) is 3.22. The SMILES string of the molecule is COCCNC(=O)[C@H]1COC2(CCN(C(=O)c3ccccc3C)CC2)N1C(=O)c1cccc(F)c1. The third-order valence-corrected chi connectivity index (χ3v) is 6.67. The van der Waals surface area contributed by atoms with E-state index in [1.165, 1.54) is 30.2 Å². The molecule has 3 amide bonds. The highest BCUT2D eigenvalue weighted by Gasteiger charge is 2.54. The van der Waals surface area contributed by atoms with E-state index in [0.29, 0.717) is 44.6 Å². The van der Waals surface area contributed by atoms with Gasteiger partial charge in [-0.2, -0.15) is 0 Å². The Hall–Kier alpha value is -3.30. The number of ether oxygens (including phenoxy) is 2. The van der Waals surface area contributed by atoms with Crippen molar-refractivity contribution in [3.63, 3.8) is 0 Å². The molecule has 1 N–H and O–H groups in total. The highest BCUT2D eigenvalue weighted by molar-refractivity contribution is 5.99. The molecule has 2 aliphatic heterocycles. The molecule has 1 spiro atoms. The fraction of sp³-hybridized carbons (Fsp3) is 0.423. The maximum Gasteiger partial charge on any atom is 0.256 e. The zero-order chi connectivity index (χ0) is 25.0. The number of aryl methyl sites for hydroxylation is 1. The number of nitrogens with one attached hydrogen (secondary N) is 1. The molecule has 0 aromatic heterocycles. The van der Waals surface area contributed by atoms with Crippen molar-refractivity contribution in [3.8, 4) is 0 Å². The number of carbonyl (C=O) groups excluding carboxylic acids is 3. The molecule has 8 nitrogen and oxygen atoms in total. The number of hydrogen-bond acceptors (Lipinski definition) is 5. The predicted octanol–water partition coefficient (Wildman–Crippen LogP) is 2.37. The zero-order valence-corrected chi connectivity index (χ0v) is 20.0. The second kappa shape index (κ2) is 10.5. The minimum absolute atomic E-state index is 0.0195. The first-order valence-corrected chi connectivity index (χ1v) is 11.7. The molecular weight excluding hydrogens is 453 g/mol. The third-order valence-electron chi connectivity index (χ3n) is 6.67. The van der Waals surface area contributed by atoms with Crippen LogP contribution in [0.1, 0.15) is 39.1 Å². The van der Waals surface area contributed by atoms with E-state index in [4.69, 9.17) is 9.47 Å². The lowest BCUT2D eigenvalue weighted by Crippen LogP contribution is -2.60. The maximum atomic E-state index is 13.9. The van der Waals surface area contributed by atoms with Crippen molar-refractivity contribution in [1.82, 2.24) is 15.1 Å². The lowest BCUT2D eigenvalue weighted by molar-refractivity contribution is -0.128. The van der Waals surface area contributed by atoms with Gasteiger partial charge in [-0.05, 0) is 36.8 Å². The van der Waals surface area contributed by atoms with Crippen LogP contribution >= 0.6 is 0 Å². The fourth-order valence-corrected chi connectivity index (χ4v) is 4.76. The lowest BCUT2D eigenvalue weighted by Gasteiger charge is -2.44. The summed E-state index contributed by atoms with van der Waals surface area (Å²) in [6.07, 6.45) is 0.682. The summed E-state index contributed by atoms with van der Waals surface area (Å²) < 4.78 is 25.0. The van der Waals surface area contributed by atoms with Crippen LogP contribution in [-0.4, -0.2) is 79.2 Å². The molecule has 0 saturated carbocycles. The van der Waals surface area contributed by atoms with E-state index in [1.807, 2.05) is 25.1 Å². The molecule has 1 atom stereocenters. The minimum Gasteiger partial charge on any atom is -0.383 e. The van der Waals surface area contributed by atoms with Crippen LogP contribution in [0.3, 0.4) is 0 Å². The molecule has 0 bridgehead atoms. The van der Waals surface area contributed by atoms with Crippen molar-refractivity contribution >= 4 is 17.7 Å². The second-order valence-corrected chi connectivity index (χ2v) is 8.85. The largest absolute Gasteiger partial charge is 0.383 e. The van der Waals surface area contributed by atoms with E-state index in [2.05, 4.69) is 5.32 Å². The van der Waals surface area contributed by atoms with E-state index in [-0.39, 0.29) is 24.0 Å². The summed E-state index contributed by atoms with van der Waals surface area (Å²) in [5.74, 6) is -1.45. The van der Waals surface area contributed by atoms with Gasteiger partial charge in [0.2, 0.25) is 5.91 Å². The van der Waals surface area contributed by atoms with Crippen LogP contribution in [0.15, 0.2) is 48.5 Å². The highest BCUT2D eigenvalue weighted by Crippen LogP contribution is 2.39. The van der Waals surface area contributed by atoms with Crippen LogP contribution in [0.2, 0.25) is 0 Å². The first-order valence-electron chi connectivity index (χ1n) is 11.7. The van der Waals surface area contributed by atoms with Crippen LogP contribution < -0.4 is 5.32 Å². The van der Waals surface area contributed by atoms with Gasteiger partial charge < -0.3 is 19.7 Å². The summed E-state index contributed by atoms with van der Waals surface area (Å²) in [4.78, 5) is 42.9. The van der Waals surface area contributed by atoms with Gasteiger partial charge in [-0.25, -0.2) is 4.39 Å². The fourth-order valence-electron chi connectivity index (χ4n) is 4.76. The van der Waals surface area contributed by atoms with Crippen molar-refractivity contribution in [2.24, 2.45) is 0 Å². The first kappa shape index (κ1) is 24.8. The Morgan fingerprint density at radius 1 is 1.11 bits per heavy atom. The summed E-state index contributed by atoms with van der Waals surface area (Å²) in [7, 11) is 1.53. The standard InChI is InChI=1S/C26H30FN3O5/c1-18-6-3-4-9-21(18)25(33)29-13-10-26(11-14-29)30(24(32)19-7-5-8-20(27)16-19)22(17-35-26)23(31)28-12-15-34-2/h3-9,16,22H,10-15,17H2,1-2H3,(H,28,31)/t22-/m1/s1. The van der Waals surface area contributed by atoms with E-state index in [9.17, 15) is 18.8 Å². The van der Waals surface area contributed by atoms with Crippen LogP contribution in [-0.2, 0) is 14.3 Å². The van der Waals surface area contributed by atoms with Gasteiger partial charge in [0.1, 0.15) is 17.6 Å². The minimum atomic E-state index is -1.06.